The lowest BCUT2D eigenvalue weighted by Crippen LogP contribution is -2.76. The molecule has 1 aromatic carbocycles. The first-order valence-electron chi connectivity index (χ1n) is 17.0. The molecule has 3 N–H and O–H groups in total. The third-order valence-corrected chi connectivity index (χ3v) is 15.4. The van der Waals surface area contributed by atoms with E-state index in [1.165, 1.54) is 16.5 Å². The lowest BCUT2D eigenvalue weighted by molar-refractivity contribution is -0.275. The van der Waals surface area contributed by atoms with E-state index in [-0.39, 0.29) is 35.4 Å². The average molecular weight is 600 g/mol. The first kappa shape index (κ1) is 27.1. The summed E-state index contributed by atoms with van der Waals surface area (Å²) in [5.74, 6) is 1.51. The fraction of sp³-hybridized carbons (Fsp3) is 0.703. The third-order valence-electron chi connectivity index (χ3n) is 15.4. The zero-order chi connectivity index (χ0) is 30.7. The molecule has 44 heavy (non-hydrogen) atoms. The lowest BCUT2D eigenvalue weighted by atomic mass is 9.40. The van der Waals surface area contributed by atoms with E-state index in [2.05, 4.69) is 58.3 Å². The van der Waals surface area contributed by atoms with Crippen LogP contribution in [-0.4, -0.2) is 62.2 Å². The molecule has 234 valence electrons. The first-order valence-corrected chi connectivity index (χ1v) is 17.0. The Kier molecular flexibility index (Phi) is 4.67. The SMILES string of the molecule is C=C(C)[C@@H]1O[C@@H]2CC[C@@]3(C)[C@](O)(CC[C@H]4[C@H]5OC(C)(C)[C@@H]6C[C@H]7[C@H]6c6c(ccc8[nH]c(c5c68)[C@]43C)C(=O)[C@H]7C)[C@]23O[C@H]3[C@@H]1O. The van der Waals surface area contributed by atoms with Crippen molar-refractivity contribution in [2.24, 2.45) is 29.1 Å². The molecule has 2 saturated heterocycles. The van der Waals surface area contributed by atoms with Gasteiger partial charge in [-0.3, -0.25) is 4.79 Å². The minimum absolute atomic E-state index is 0.0340. The van der Waals surface area contributed by atoms with Crippen molar-refractivity contribution in [1.29, 1.82) is 0 Å². The molecule has 3 aliphatic heterocycles. The van der Waals surface area contributed by atoms with Gasteiger partial charge in [0, 0.05) is 50.4 Å². The molecule has 2 aromatic rings. The molecule has 4 heterocycles. The number of carbonyl (C=O) groups excluding carboxylic acids is 1. The van der Waals surface area contributed by atoms with Crippen LogP contribution in [0.3, 0.4) is 0 Å². The number of aliphatic hydroxyl groups excluding tert-OH is 1. The summed E-state index contributed by atoms with van der Waals surface area (Å²) in [6.45, 7) is 17.3. The number of carbonyl (C=O) groups is 1. The van der Waals surface area contributed by atoms with Gasteiger partial charge in [0.25, 0.3) is 0 Å². The second-order valence-electron chi connectivity index (χ2n) is 17.0. The minimum atomic E-state index is -1.20. The van der Waals surface area contributed by atoms with Gasteiger partial charge in [0.1, 0.15) is 23.9 Å². The Balaban J connectivity index is 1.19. The molecule has 10 rings (SSSR count). The largest absolute Gasteiger partial charge is 0.387 e. The Bertz CT molecular complexity index is 1730. The number of ketones is 1. The highest BCUT2D eigenvalue weighted by Gasteiger charge is 2.86. The lowest BCUT2D eigenvalue weighted by Gasteiger charge is -2.66. The Hall–Kier alpha value is -2.03. The number of aliphatic hydroxyl groups is 2. The van der Waals surface area contributed by atoms with Crippen LogP contribution in [0.4, 0.5) is 0 Å². The molecular weight excluding hydrogens is 554 g/mol. The minimum Gasteiger partial charge on any atom is -0.387 e. The Morgan fingerprint density at radius 1 is 1.07 bits per heavy atom. The molecule has 14 atom stereocenters. The molecule has 0 amide bonds. The van der Waals surface area contributed by atoms with E-state index in [9.17, 15) is 15.0 Å². The highest BCUT2D eigenvalue weighted by Crippen LogP contribution is 2.77. The second-order valence-corrected chi connectivity index (χ2v) is 17.0. The number of rotatable bonds is 1. The number of ether oxygens (including phenoxy) is 3. The Morgan fingerprint density at radius 3 is 2.59 bits per heavy atom. The van der Waals surface area contributed by atoms with Gasteiger partial charge in [-0.2, -0.15) is 0 Å². The quantitative estimate of drug-likeness (QED) is 0.290. The molecule has 5 fully saturated rings. The van der Waals surface area contributed by atoms with E-state index in [0.717, 1.165) is 48.0 Å². The Labute approximate surface area is 258 Å². The number of Topliss-reactive ketones (excluding diaryl/α,β-unsaturated/α-hetero) is 1. The van der Waals surface area contributed by atoms with Crippen molar-refractivity contribution in [2.45, 2.75) is 132 Å². The smallest absolute Gasteiger partial charge is 0.166 e. The highest BCUT2D eigenvalue weighted by molar-refractivity contribution is 6.07. The monoisotopic (exact) mass is 599 g/mol. The van der Waals surface area contributed by atoms with Crippen LogP contribution in [0.5, 0.6) is 0 Å². The average Bonchev–Trinajstić information content (AvgIpc) is 3.53. The number of benzene rings is 1. The van der Waals surface area contributed by atoms with Crippen LogP contribution >= 0.6 is 0 Å². The maximum atomic E-state index is 13.8. The van der Waals surface area contributed by atoms with Gasteiger partial charge in [-0.1, -0.05) is 27.4 Å². The summed E-state index contributed by atoms with van der Waals surface area (Å²) in [4.78, 5) is 17.7. The zero-order valence-corrected chi connectivity index (χ0v) is 26.7. The summed E-state index contributed by atoms with van der Waals surface area (Å²) >= 11 is 0. The van der Waals surface area contributed by atoms with Crippen molar-refractivity contribution in [3.8, 4) is 0 Å². The molecule has 0 radical (unpaired) electrons. The number of nitrogens with one attached hydrogen (secondary N) is 1. The summed E-state index contributed by atoms with van der Waals surface area (Å²) in [6, 6.07) is 4.19. The van der Waals surface area contributed by atoms with Crippen molar-refractivity contribution in [3.63, 3.8) is 0 Å². The van der Waals surface area contributed by atoms with E-state index in [1.807, 2.05) is 6.92 Å². The van der Waals surface area contributed by atoms with Crippen LogP contribution in [0.25, 0.3) is 10.9 Å². The number of hydrogen-bond acceptors (Lipinski definition) is 6. The van der Waals surface area contributed by atoms with Gasteiger partial charge in [-0.15, -0.1) is 0 Å². The summed E-state index contributed by atoms with van der Waals surface area (Å²) in [6.07, 6.45) is 1.65. The van der Waals surface area contributed by atoms with Gasteiger partial charge >= 0.3 is 0 Å². The number of epoxide rings is 1. The van der Waals surface area contributed by atoms with E-state index < -0.39 is 40.3 Å². The summed E-state index contributed by atoms with van der Waals surface area (Å²) < 4.78 is 20.4. The number of fused-ring (bicyclic) bond motifs is 5. The molecule has 1 spiro atoms. The van der Waals surface area contributed by atoms with E-state index in [1.54, 1.807) is 0 Å². The summed E-state index contributed by atoms with van der Waals surface area (Å²) in [5, 5.41) is 25.8. The van der Waals surface area contributed by atoms with Gasteiger partial charge in [-0.05, 0) is 93.9 Å². The molecule has 5 aliphatic carbocycles. The van der Waals surface area contributed by atoms with Gasteiger partial charge in [0.15, 0.2) is 11.4 Å². The fourth-order valence-corrected chi connectivity index (χ4v) is 12.9. The zero-order valence-electron chi connectivity index (χ0n) is 26.7. The fourth-order valence-electron chi connectivity index (χ4n) is 12.9. The van der Waals surface area contributed by atoms with Gasteiger partial charge in [0.05, 0.1) is 17.8 Å². The van der Waals surface area contributed by atoms with Crippen LogP contribution in [0.2, 0.25) is 0 Å². The Morgan fingerprint density at radius 2 is 1.84 bits per heavy atom. The van der Waals surface area contributed by atoms with Crippen molar-refractivity contribution < 1.29 is 29.2 Å². The number of H-pyrrole nitrogens is 1. The second kappa shape index (κ2) is 7.57. The van der Waals surface area contributed by atoms with Crippen LogP contribution in [0.1, 0.15) is 113 Å². The van der Waals surface area contributed by atoms with Crippen LogP contribution in [0, 0.1) is 29.1 Å². The van der Waals surface area contributed by atoms with Crippen LogP contribution in [0.15, 0.2) is 24.3 Å². The van der Waals surface area contributed by atoms with Crippen molar-refractivity contribution in [2.75, 3.05) is 0 Å². The summed E-state index contributed by atoms with van der Waals surface area (Å²) in [5.41, 5.74) is 2.91. The maximum Gasteiger partial charge on any atom is 0.166 e. The predicted molar refractivity (Wildman–Crippen MR) is 163 cm³/mol. The van der Waals surface area contributed by atoms with Gasteiger partial charge in [0.2, 0.25) is 0 Å². The molecule has 7 heteroatoms. The highest BCUT2D eigenvalue weighted by atomic mass is 16.7. The maximum absolute atomic E-state index is 13.8. The number of aromatic nitrogens is 1. The third kappa shape index (κ3) is 2.50. The molecule has 0 bridgehead atoms. The summed E-state index contributed by atoms with van der Waals surface area (Å²) in [7, 11) is 0. The van der Waals surface area contributed by atoms with Crippen molar-refractivity contribution in [3.05, 3.63) is 46.7 Å². The molecule has 1 aromatic heterocycles. The van der Waals surface area contributed by atoms with Crippen molar-refractivity contribution >= 4 is 16.7 Å². The van der Waals surface area contributed by atoms with Crippen LogP contribution in [-0.2, 0) is 19.6 Å². The molecular formula is C37H45NO6. The van der Waals surface area contributed by atoms with Gasteiger partial charge in [-0.25, -0.2) is 0 Å². The van der Waals surface area contributed by atoms with Crippen LogP contribution < -0.4 is 0 Å². The standard InChI is InChI=1S/C37H45NO6/c1-15(2)29-28(40)32-37(44-32)22(42-29)11-12-34(6)35(7)19(10-13-36(34,37)41)30-26-25-21(38-31(26)35)9-8-17-24(25)23-18(16(3)27(17)39)14-20(23)33(4,5)43-30/h8-9,16,18-20,22-23,28-30,32,38,40-41H,1,10-14H2,2-7H3/t16-,18+,19-,20+,22+,23+,28+,29-,30+,32-,34+,35-,36+,37-/m0/s1. The molecule has 3 saturated carbocycles. The van der Waals surface area contributed by atoms with E-state index in [0.29, 0.717) is 24.2 Å². The predicted octanol–water partition coefficient (Wildman–Crippen LogP) is 5.62. The van der Waals surface area contributed by atoms with Gasteiger partial charge < -0.3 is 29.4 Å². The normalized spacial score (nSPS) is 53.4. The molecule has 8 aliphatic rings. The van der Waals surface area contributed by atoms with Crippen molar-refractivity contribution in [1.82, 2.24) is 4.98 Å². The van der Waals surface area contributed by atoms with E-state index in [4.69, 9.17) is 14.2 Å². The number of aromatic amines is 1. The topological polar surface area (TPSA) is 104 Å². The van der Waals surface area contributed by atoms with E-state index >= 15 is 0 Å². The number of hydrogen-bond donors (Lipinski definition) is 3. The molecule has 0 unspecified atom stereocenters. The first-order chi connectivity index (χ1) is 20.7. The molecule has 7 nitrogen and oxygen atoms in total.